The molecule has 1 amide bonds. The van der Waals surface area contributed by atoms with Gasteiger partial charge in [0.05, 0.1) is 4.90 Å². The van der Waals surface area contributed by atoms with Gasteiger partial charge in [0.1, 0.15) is 0 Å². The fraction of sp³-hybridized carbons (Fsp3) is 0.0714. The molecule has 0 radical (unpaired) electrons. The van der Waals surface area contributed by atoms with Gasteiger partial charge in [-0.2, -0.15) is 0 Å². The molecule has 0 bridgehead atoms. The number of hydrogen-bond acceptors (Lipinski definition) is 3. The molecule has 2 rings (SSSR count). The highest BCUT2D eigenvalue weighted by molar-refractivity contribution is 9.10. The van der Waals surface area contributed by atoms with E-state index in [9.17, 15) is 13.2 Å². The van der Waals surface area contributed by atoms with Crippen molar-refractivity contribution < 1.29 is 13.2 Å². The molecule has 0 aliphatic heterocycles. The van der Waals surface area contributed by atoms with Crippen molar-refractivity contribution in [3.05, 3.63) is 58.1 Å². The van der Waals surface area contributed by atoms with Crippen LogP contribution >= 0.6 is 15.9 Å². The summed E-state index contributed by atoms with van der Waals surface area (Å²) in [6, 6.07) is 10.8. The number of benzene rings is 2. The van der Waals surface area contributed by atoms with E-state index in [4.69, 9.17) is 5.73 Å². The fourth-order valence-electron chi connectivity index (χ4n) is 1.73. The van der Waals surface area contributed by atoms with Gasteiger partial charge in [-0.15, -0.1) is 0 Å². The Labute approximate surface area is 131 Å². The second kappa shape index (κ2) is 5.87. The summed E-state index contributed by atoms with van der Waals surface area (Å²) in [6.07, 6.45) is 0. The molecule has 0 spiro atoms. The van der Waals surface area contributed by atoms with Crippen LogP contribution in [0.2, 0.25) is 0 Å². The minimum Gasteiger partial charge on any atom is -0.366 e. The number of hydrogen-bond donors (Lipinski definition) is 2. The van der Waals surface area contributed by atoms with Crippen LogP contribution in [0.1, 0.15) is 15.9 Å². The summed E-state index contributed by atoms with van der Waals surface area (Å²) in [7, 11) is -3.72. The van der Waals surface area contributed by atoms with Crippen molar-refractivity contribution >= 4 is 37.5 Å². The van der Waals surface area contributed by atoms with Gasteiger partial charge < -0.3 is 5.73 Å². The van der Waals surface area contributed by atoms with Crippen LogP contribution in [0.3, 0.4) is 0 Å². The second-order valence-electron chi connectivity index (χ2n) is 4.46. The standard InChI is InChI=1S/C14H13BrN2O3S/c1-9-7-12(5-6-13(9)15)21(19,20)17-11-4-2-3-10(8-11)14(16)18/h2-8,17H,1H3,(H2,16,18). The van der Waals surface area contributed by atoms with Crippen LogP contribution in [0.5, 0.6) is 0 Å². The lowest BCUT2D eigenvalue weighted by Crippen LogP contribution is -2.15. The number of nitrogens with one attached hydrogen (secondary N) is 1. The highest BCUT2D eigenvalue weighted by Gasteiger charge is 2.15. The predicted molar refractivity (Wildman–Crippen MR) is 84.6 cm³/mol. The van der Waals surface area contributed by atoms with Crippen molar-refractivity contribution in [3.63, 3.8) is 0 Å². The van der Waals surface area contributed by atoms with E-state index in [1.165, 1.54) is 18.2 Å². The molecule has 110 valence electrons. The van der Waals surface area contributed by atoms with Gasteiger partial charge in [0.25, 0.3) is 10.0 Å². The molecule has 0 aliphatic rings. The molecule has 7 heteroatoms. The van der Waals surface area contributed by atoms with Crippen LogP contribution in [-0.4, -0.2) is 14.3 Å². The molecule has 3 N–H and O–H groups in total. The third-order valence-electron chi connectivity index (χ3n) is 2.84. The summed E-state index contributed by atoms with van der Waals surface area (Å²) in [5.41, 5.74) is 6.50. The lowest BCUT2D eigenvalue weighted by Gasteiger charge is -2.10. The SMILES string of the molecule is Cc1cc(S(=O)(=O)Nc2cccc(C(N)=O)c2)ccc1Br. The van der Waals surface area contributed by atoms with E-state index in [0.29, 0.717) is 0 Å². The maximum Gasteiger partial charge on any atom is 0.261 e. The number of sulfonamides is 1. The second-order valence-corrected chi connectivity index (χ2v) is 7.00. The quantitative estimate of drug-likeness (QED) is 0.868. The number of halogens is 1. The van der Waals surface area contributed by atoms with Gasteiger partial charge in [-0.05, 0) is 48.9 Å². The average molecular weight is 369 g/mol. The van der Waals surface area contributed by atoms with Gasteiger partial charge in [-0.3, -0.25) is 9.52 Å². The van der Waals surface area contributed by atoms with E-state index < -0.39 is 15.9 Å². The molecular weight excluding hydrogens is 356 g/mol. The molecule has 0 aliphatic carbocycles. The molecule has 0 fully saturated rings. The third-order valence-corrected chi connectivity index (χ3v) is 5.11. The summed E-state index contributed by atoms with van der Waals surface area (Å²) in [5.74, 6) is -0.615. The maximum absolute atomic E-state index is 12.3. The monoisotopic (exact) mass is 368 g/mol. The highest BCUT2D eigenvalue weighted by Crippen LogP contribution is 2.22. The minimum atomic E-state index is -3.72. The van der Waals surface area contributed by atoms with Crippen molar-refractivity contribution in [1.29, 1.82) is 0 Å². The van der Waals surface area contributed by atoms with Gasteiger partial charge in [0.2, 0.25) is 5.91 Å². The van der Waals surface area contributed by atoms with Crippen molar-refractivity contribution in [2.75, 3.05) is 4.72 Å². The Kier molecular flexibility index (Phi) is 4.34. The molecule has 0 unspecified atom stereocenters. The first-order valence-electron chi connectivity index (χ1n) is 5.98. The summed E-state index contributed by atoms with van der Waals surface area (Å²) in [4.78, 5) is 11.3. The normalized spacial score (nSPS) is 11.1. The topological polar surface area (TPSA) is 89.3 Å². The van der Waals surface area contributed by atoms with E-state index in [1.54, 1.807) is 31.2 Å². The molecule has 2 aromatic rings. The van der Waals surface area contributed by atoms with Crippen molar-refractivity contribution in [2.24, 2.45) is 5.73 Å². The van der Waals surface area contributed by atoms with Crippen molar-refractivity contribution in [1.82, 2.24) is 0 Å². The summed E-state index contributed by atoms with van der Waals surface area (Å²) in [6.45, 7) is 1.80. The summed E-state index contributed by atoms with van der Waals surface area (Å²) in [5, 5.41) is 0. The highest BCUT2D eigenvalue weighted by atomic mass is 79.9. The van der Waals surface area contributed by atoms with E-state index in [0.717, 1.165) is 10.0 Å². The molecule has 2 aromatic carbocycles. The van der Waals surface area contributed by atoms with Crippen LogP contribution in [0.4, 0.5) is 5.69 Å². The first-order chi connectivity index (χ1) is 9.79. The lowest BCUT2D eigenvalue weighted by molar-refractivity contribution is 0.100. The molecule has 0 atom stereocenters. The molecule has 0 heterocycles. The molecule has 0 saturated heterocycles. The molecule has 0 aromatic heterocycles. The number of nitrogens with two attached hydrogens (primary N) is 1. The zero-order chi connectivity index (χ0) is 15.6. The predicted octanol–water partition coefficient (Wildman–Crippen LogP) is 2.66. The number of carbonyl (C=O) groups excluding carboxylic acids is 1. The largest absolute Gasteiger partial charge is 0.366 e. The van der Waals surface area contributed by atoms with Crippen LogP contribution in [0.25, 0.3) is 0 Å². The molecular formula is C14H13BrN2O3S. The van der Waals surface area contributed by atoms with E-state index in [1.807, 2.05) is 0 Å². The number of aryl methyl sites for hydroxylation is 1. The zero-order valence-electron chi connectivity index (χ0n) is 11.1. The third kappa shape index (κ3) is 3.62. The Morgan fingerprint density at radius 3 is 2.52 bits per heavy atom. The van der Waals surface area contributed by atoms with E-state index in [2.05, 4.69) is 20.7 Å². The maximum atomic E-state index is 12.3. The zero-order valence-corrected chi connectivity index (χ0v) is 13.5. The van der Waals surface area contributed by atoms with Gasteiger partial charge in [-0.25, -0.2) is 8.42 Å². The Morgan fingerprint density at radius 2 is 1.90 bits per heavy atom. The Bertz CT molecular complexity index is 804. The first-order valence-corrected chi connectivity index (χ1v) is 8.26. The number of primary amides is 1. The number of anilines is 1. The van der Waals surface area contributed by atoms with Crippen LogP contribution in [0, 0.1) is 6.92 Å². The average Bonchev–Trinajstić information content (AvgIpc) is 2.41. The minimum absolute atomic E-state index is 0.146. The Morgan fingerprint density at radius 1 is 1.19 bits per heavy atom. The van der Waals surface area contributed by atoms with Crippen LogP contribution in [0.15, 0.2) is 51.8 Å². The van der Waals surface area contributed by atoms with Crippen molar-refractivity contribution in [2.45, 2.75) is 11.8 Å². The van der Waals surface area contributed by atoms with E-state index in [-0.39, 0.29) is 16.1 Å². The fourth-order valence-corrected chi connectivity index (χ4v) is 3.12. The summed E-state index contributed by atoms with van der Waals surface area (Å²) < 4.78 is 27.9. The van der Waals surface area contributed by atoms with E-state index >= 15 is 0 Å². The Balaban J connectivity index is 2.35. The van der Waals surface area contributed by atoms with Gasteiger partial charge >= 0.3 is 0 Å². The van der Waals surface area contributed by atoms with Gasteiger partial charge in [0.15, 0.2) is 0 Å². The molecule has 5 nitrogen and oxygen atoms in total. The Hall–Kier alpha value is -1.86. The molecule has 21 heavy (non-hydrogen) atoms. The van der Waals surface area contributed by atoms with Crippen LogP contribution < -0.4 is 10.5 Å². The number of carbonyl (C=O) groups is 1. The summed E-state index contributed by atoms with van der Waals surface area (Å²) >= 11 is 3.32. The molecule has 0 saturated carbocycles. The van der Waals surface area contributed by atoms with Crippen molar-refractivity contribution in [3.8, 4) is 0 Å². The lowest BCUT2D eigenvalue weighted by atomic mass is 10.2. The smallest absolute Gasteiger partial charge is 0.261 e. The first kappa shape index (κ1) is 15.5. The number of rotatable bonds is 4. The number of amides is 1. The van der Waals surface area contributed by atoms with Gasteiger partial charge in [0, 0.05) is 15.7 Å². The van der Waals surface area contributed by atoms with Crippen LogP contribution in [-0.2, 0) is 10.0 Å². The van der Waals surface area contributed by atoms with Gasteiger partial charge in [-0.1, -0.05) is 22.0 Å².